The van der Waals surface area contributed by atoms with Crippen molar-refractivity contribution in [2.45, 2.75) is 20.0 Å². The first kappa shape index (κ1) is 11.9. The minimum Gasteiger partial charge on any atom is -0.345 e. The van der Waals surface area contributed by atoms with Crippen molar-refractivity contribution in [3.8, 4) is 0 Å². The standard InChI is InChI=1S/C11H13BrN4O/c1-2-16-7-8(12)5-10(16)11(17)13-6-9-3-4-14-15-9/h3-5,7H,2,6H2,1H3,(H,13,17)(H,14,15). The van der Waals surface area contributed by atoms with Gasteiger partial charge in [-0.05, 0) is 35.0 Å². The van der Waals surface area contributed by atoms with E-state index < -0.39 is 0 Å². The summed E-state index contributed by atoms with van der Waals surface area (Å²) in [6, 6.07) is 3.64. The quantitative estimate of drug-likeness (QED) is 0.905. The van der Waals surface area contributed by atoms with Gasteiger partial charge in [0.25, 0.3) is 5.91 Å². The molecule has 2 aromatic rings. The number of aromatic amines is 1. The van der Waals surface area contributed by atoms with E-state index in [2.05, 4.69) is 31.4 Å². The molecule has 6 heteroatoms. The van der Waals surface area contributed by atoms with Gasteiger partial charge in [-0.15, -0.1) is 0 Å². The molecular weight excluding hydrogens is 284 g/mol. The molecule has 17 heavy (non-hydrogen) atoms. The minimum absolute atomic E-state index is 0.0906. The SMILES string of the molecule is CCn1cc(Br)cc1C(=O)NCc1ccn[nH]1. The Bertz CT molecular complexity index is 504. The van der Waals surface area contributed by atoms with Crippen LogP contribution in [0, 0.1) is 0 Å². The first-order valence-corrected chi connectivity index (χ1v) is 6.12. The number of carbonyl (C=O) groups excluding carboxylic acids is 1. The summed E-state index contributed by atoms with van der Waals surface area (Å²) in [5.41, 5.74) is 1.53. The molecule has 1 amide bonds. The van der Waals surface area contributed by atoms with Crippen LogP contribution in [0.25, 0.3) is 0 Å². The Balaban J connectivity index is 2.04. The van der Waals surface area contributed by atoms with Gasteiger partial charge in [-0.1, -0.05) is 0 Å². The lowest BCUT2D eigenvalue weighted by Crippen LogP contribution is -2.25. The zero-order valence-corrected chi connectivity index (χ0v) is 11.0. The van der Waals surface area contributed by atoms with Crippen LogP contribution in [0.2, 0.25) is 0 Å². The van der Waals surface area contributed by atoms with E-state index in [0.717, 1.165) is 16.7 Å². The third-order valence-corrected chi connectivity index (χ3v) is 2.87. The van der Waals surface area contributed by atoms with E-state index in [0.29, 0.717) is 12.2 Å². The fraction of sp³-hybridized carbons (Fsp3) is 0.273. The predicted molar refractivity (Wildman–Crippen MR) is 67.6 cm³/mol. The van der Waals surface area contributed by atoms with Crippen LogP contribution in [0.15, 0.2) is 29.0 Å². The summed E-state index contributed by atoms with van der Waals surface area (Å²) >= 11 is 3.36. The predicted octanol–water partition coefficient (Wildman–Crippen LogP) is 1.92. The molecule has 0 saturated carbocycles. The van der Waals surface area contributed by atoms with Crippen molar-refractivity contribution in [3.05, 3.63) is 40.4 Å². The van der Waals surface area contributed by atoms with Crippen molar-refractivity contribution in [1.82, 2.24) is 20.1 Å². The number of hydrogen-bond donors (Lipinski definition) is 2. The molecule has 0 radical (unpaired) electrons. The molecule has 0 atom stereocenters. The second-order valence-electron chi connectivity index (χ2n) is 3.59. The number of carbonyl (C=O) groups is 1. The van der Waals surface area contributed by atoms with Crippen LogP contribution in [0.3, 0.4) is 0 Å². The Morgan fingerprint density at radius 2 is 2.47 bits per heavy atom. The lowest BCUT2D eigenvalue weighted by Gasteiger charge is -2.06. The largest absolute Gasteiger partial charge is 0.345 e. The fourth-order valence-electron chi connectivity index (χ4n) is 1.58. The molecule has 0 aliphatic rings. The number of hydrogen-bond acceptors (Lipinski definition) is 2. The first-order chi connectivity index (χ1) is 8.20. The Hall–Kier alpha value is -1.56. The molecule has 0 fully saturated rings. The van der Waals surface area contributed by atoms with Crippen molar-refractivity contribution in [1.29, 1.82) is 0 Å². The maximum absolute atomic E-state index is 11.9. The Morgan fingerprint density at radius 3 is 3.12 bits per heavy atom. The van der Waals surface area contributed by atoms with Gasteiger partial charge in [0.1, 0.15) is 5.69 Å². The van der Waals surface area contributed by atoms with Crippen LogP contribution in [-0.2, 0) is 13.1 Å². The molecule has 2 aromatic heterocycles. The highest BCUT2D eigenvalue weighted by atomic mass is 79.9. The van der Waals surface area contributed by atoms with Gasteiger partial charge in [0.2, 0.25) is 0 Å². The van der Waals surface area contributed by atoms with E-state index in [4.69, 9.17) is 0 Å². The summed E-state index contributed by atoms with van der Waals surface area (Å²) in [4.78, 5) is 11.9. The molecule has 2 rings (SSSR count). The first-order valence-electron chi connectivity index (χ1n) is 5.33. The molecule has 0 unspecified atom stereocenters. The smallest absolute Gasteiger partial charge is 0.268 e. The van der Waals surface area contributed by atoms with E-state index in [1.54, 1.807) is 6.20 Å². The number of aryl methyl sites for hydroxylation is 1. The zero-order valence-electron chi connectivity index (χ0n) is 9.40. The van der Waals surface area contributed by atoms with Crippen LogP contribution in [-0.4, -0.2) is 20.7 Å². The molecule has 2 N–H and O–H groups in total. The van der Waals surface area contributed by atoms with Gasteiger partial charge >= 0.3 is 0 Å². The summed E-state index contributed by atoms with van der Waals surface area (Å²) in [5, 5.41) is 9.46. The van der Waals surface area contributed by atoms with E-state index in [1.807, 2.05) is 29.8 Å². The van der Waals surface area contributed by atoms with Gasteiger partial charge in [-0.3, -0.25) is 9.89 Å². The average molecular weight is 297 g/mol. The minimum atomic E-state index is -0.0906. The van der Waals surface area contributed by atoms with Crippen molar-refractivity contribution < 1.29 is 4.79 Å². The number of H-pyrrole nitrogens is 1. The fourth-order valence-corrected chi connectivity index (χ4v) is 2.04. The molecule has 0 aliphatic carbocycles. The molecule has 0 spiro atoms. The van der Waals surface area contributed by atoms with Crippen LogP contribution in [0.1, 0.15) is 23.1 Å². The van der Waals surface area contributed by atoms with Gasteiger partial charge in [-0.2, -0.15) is 5.10 Å². The van der Waals surface area contributed by atoms with Gasteiger partial charge in [0.15, 0.2) is 0 Å². The van der Waals surface area contributed by atoms with Crippen LogP contribution >= 0.6 is 15.9 Å². The van der Waals surface area contributed by atoms with Gasteiger partial charge in [0, 0.05) is 23.4 Å². The summed E-state index contributed by atoms with van der Waals surface area (Å²) in [7, 11) is 0. The van der Waals surface area contributed by atoms with Crippen molar-refractivity contribution in [2.75, 3.05) is 0 Å². The molecule has 2 heterocycles. The normalized spacial score (nSPS) is 10.5. The second kappa shape index (κ2) is 5.18. The molecule has 90 valence electrons. The zero-order chi connectivity index (χ0) is 12.3. The number of nitrogens with zero attached hydrogens (tertiary/aromatic N) is 2. The Kier molecular flexibility index (Phi) is 3.63. The molecular formula is C11H13BrN4O. The van der Waals surface area contributed by atoms with E-state index in [-0.39, 0.29) is 5.91 Å². The molecule has 0 aromatic carbocycles. The summed E-state index contributed by atoms with van der Waals surface area (Å²) in [6.45, 7) is 3.21. The van der Waals surface area contributed by atoms with Crippen LogP contribution in [0.5, 0.6) is 0 Å². The van der Waals surface area contributed by atoms with Crippen molar-refractivity contribution in [2.24, 2.45) is 0 Å². The van der Waals surface area contributed by atoms with Gasteiger partial charge < -0.3 is 9.88 Å². The Morgan fingerprint density at radius 1 is 1.65 bits per heavy atom. The molecule has 0 saturated heterocycles. The molecule has 0 bridgehead atoms. The highest BCUT2D eigenvalue weighted by Gasteiger charge is 2.11. The number of nitrogens with one attached hydrogen (secondary N) is 2. The summed E-state index contributed by atoms with van der Waals surface area (Å²) in [6.07, 6.45) is 3.55. The van der Waals surface area contributed by atoms with Crippen LogP contribution < -0.4 is 5.32 Å². The number of aromatic nitrogens is 3. The maximum atomic E-state index is 11.9. The van der Waals surface area contributed by atoms with Crippen molar-refractivity contribution in [3.63, 3.8) is 0 Å². The third-order valence-electron chi connectivity index (χ3n) is 2.43. The maximum Gasteiger partial charge on any atom is 0.268 e. The highest BCUT2D eigenvalue weighted by molar-refractivity contribution is 9.10. The summed E-state index contributed by atoms with van der Waals surface area (Å²) < 4.78 is 2.80. The average Bonchev–Trinajstić information content (AvgIpc) is 2.94. The summed E-state index contributed by atoms with van der Waals surface area (Å²) in [5.74, 6) is -0.0906. The highest BCUT2D eigenvalue weighted by Crippen LogP contribution is 2.14. The topological polar surface area (TPSA) is 62.7 Å². The lowest BCUT2D eigenvalue weighted by molar-refractivity contribution is 0.0941. The third kappa shape index (κ3) is 2.76. The van der Waals surface area contributed by atoms with Gasteiger partial charge in [0.05, 0.1) is 12.2 Å². The van der Waals surface area contributed by atoms with Crippen LogP contribution in [0.4, 0.5) is 0 Å². The van der Waals surface area contributed by atoms with Crippen molar-refractivity contribution >= 4 is 21.8 Å². The molecule has 0 aliphatic heterocycles. The number of halogens is 1. The number of amides is 1. The molecule has 5 nitrogen and oxygen atoms in total. The van der Waals surface area contributed by atoms with Gasteiger partial charge in [-0.25, -0.2) is 0 Å². The Labute approximate surface area is 107 Å². The van der Waals surface area contributed by atoms with E-state index >= 15 is 0 Å². The van der Waals surface area contributed by atoms with E-state index in [9.17, 15) is 4.79 Å². The lowest BCUT2D eigenvalue weighted by atomic mass is 10.3. The monoisotopic (exact) mass is 296 g/mol. The van der Waals surface area contributed by atoms with E-state index in [1.165, 1.54) is 0 Å². The number of rotatable bonds is 4. The second-order valence-corrected chi connectivity index (χ2v) is 4.51.